The molecule has 5 heteroatoms. The maximum Gasteiger partial charge on any atom is 0.409 e. The number of Topliss-reactive ketones (excluding diaryl/α,β-unsaturated/α-hetero) is 1. The summed E-state index contributed by atoms with van der Waals surface area (Å²) in [5.74, 6) is -0.0736. The standard InChI is InChI=1S/C8H14N2O3/c1-13-8(12)10-3-2-6(5-10)7(11)4-9/h6H,2-5,9H2,1H3. The van der Waals surface area contributed by atoms with Gasteiger partial charge in [-0.2, -0.15) is 0 Å². The fourth-order valence-corrected chi connectivity index (χ4v) is 1.48. The van der Waals surface area contributed by atoms with Gasteiger partial charge < -0.3 is 15.4 Å². The van der Waals surface area contributed by atoms with Crippen LogP contribution in [-0.4, -0.2) is 43.5 Å². The molecular formula is C8H14N2O3. The van der Waals surface area contributed by atoms with Crippen molar-refractivity contribution in [3.63, 3.8) is 0 Å². The third-order valence-electron chi connectivity index (χ3n) is 2.28. The lowest BCUT2D eigenvalue weighted by Crippen LogP contribution is -2.31. The van der Waals surface area contributed by atoms with Gasteiger partial charge in [-0.1, -0.05) is 0 Å². The second kappa shape index (κ2) is 4.23. The first-order valence-corrected chi connectivity index (χ1v) is 4.24. The first-order chi connectivity index (χ1) is 6.19. The van der Waals surface area contributed by atoms with Gasteiger partial charge in [0.05, 0.1) is 13.7 Å². The molecule has 1 rings (SSSR count). The van der Waals surface area contributed by atoms with E-state index in [0.29, 0.717) is 19.5 Å². The summed E-state index contributed by atoms with van der Waals surface area (Å²) in [6.45, 7) is 1.09. The zero-order valence-corrected chi connectivity index (χ0v) is 7.66. The van der Waals surface area contributed by atoms with Crippen molar-refractivity contribution >= 4 is 11.9 Å². The van der Waals surface area contributed by atoms with E-state index in [4.69, 9.17) is 5.73 Å². The van der Waals surface area contributed by atoms with Crippen LogP contribution >= 0.6 is 0 Å². The molecule has 0 aliphatic carbocycles. The van der Waals surface area contributed by atoms with Crippen molar-refractivity contribution in [2.45, 2.75) is 6.42 Å². The summed E-state index contributed by atoms with van der Waals surface area (Å²) in [4.78, 5) is 23.7. The highest BCUT2D eigenvalue weighted by Gasteiger charge is 2.30. The second-order valence-corrected chi connectivity index (χ2v) is 3.07. The van der Waals surface area contributed by atoms with Crippen molar-refractivity contribution in [3.05, 3.63) is 0 Å². The van der Waals surface area contributed by atoms with Gasteiger partial charge in [-0.15, -0.1) is 0 Å². The van der Waals surface area contributed by atoms with E-state index in [9.17, 15) is 9.59 Å². The SMILES string of the molecule is COC(=O)N1CCC(C(=O)CN)C1. The molecule has 1 fully saturated rings. The monoisotopic (exact) mass is 186 g/mol. The fourth-order valence-electron chi connectivity index (χ4n) is 1.48. The number of hydrogen-bond donors (Lipinski definition) is 1. The molecule has 1 aliphatic rings. The molecule has 5 nitrogen and oxygen atoms in total. The number of rotatable bonds is 2. The Balaban J connectivity index is 2.44. The van der Waals surface area contributed by atoms with Crippen LogP contribution in [0.2, 0.25) is 0 Å². The first-order valence-electron chi connectivity index (χ1n) is 4.24. The van der Waals surface area contributed by atoms with E-state index in [1.54, 1.807) is 0 Å². The molecular weight excluding hydrogens is 172 g/mol. The number of nitrogens with two attached hydrogens (primary N) is 1. The van der Waals surface area contributed by atoms with Crippen molar-refractivity contribution < 1.29 is 14.3 Å². The number of carbonyl (C=O) groups excluding carboxylic acids is 2. The Bertz CT molecular complexity index is 195. The Morgan fingerprint density at radius 2 is 2.31 bits per heavy atom. The van der Waals surface area contributed by atoms with E-state index in [1.165, 1.54) is 12.0 Å². The number of amides is 1. The lowest BCUT2D eigenvalue weighted by molar-refractivity contribution is -0.121. The van der Waals surface area contributed by atoms with Gasteiger partial charge in [0.15, 0.2) is 5.78 Å². The van der Waals surface area contributed by atoms with E-state index in [0.717, 1.165) is 0 Å². The molecule has 0 aromatic carbocycles. The average molecular weight is 186 g/mol. The van der Waals surface area contributed by atoms with E-state index >= 15 is 0 Å². The number of ketones is 1. The zero-order valence-electron chi connectivity index (χ0n) is 7.66. The molecule has 0 spiro atoms. The van der Waals surface area contributed by atoms with Gasteiger partial charge in [0.2, 0.25) is 0 Å². The summed E-state index contributed by atoms with van der Waals surface area (Å²) in [7, 11) is 1.33. The van der Waals surface area contributed by atoms with Crippen molar-refractivity contribution in [1.29, 1.82) is 0 Å². The molecule has 1 heterocycles. The normalized spacial score (nSPS) is 21.7. The maximum absolute atomic E-state index is 11.2. The Morgan fingerprint density at radius 3 is 2.85 bits per heavy atom. The maximum atomic E-state index is 11.2. The summed E-state index contributed by atoms with van der Waals surface area (Å²) in [5, 5.41) is 0. The molecule has 1 aliphatic heterocycles. The van der Waals surface area contributed by atoms with Crippen molar-refractivity contribution in [2.24, 2.45) is 11.7 Å². The predicted molar refractivity (Wildman–Crippen MR) is 46.1 cm³/mol. The number of carbonyl (C=O) groups is 2. The summed E-state index contributed by atoms with van der Waals surface area (Å²) in [6.07, 6.45) is 0.331. The summed E-state index contributed by atoms with van der Waals surface area (Å²) >= 11 is 0. The molecule has 0 saturated carbocycles. The molecule has 1 saturated heterocycles. The topological polar surface area (TPSA) is 72.6 Å². The molecule has 1 amide bonds. The summed E-state index contributed by atoms with van der Waals surface area (Å²) in [6, 6.07) is 0. The van der Waals surface area contributed by atoms with Crippen molar-refractivity contribution in [3.8, 4) is 0 Å². The third-order valence-corrected chi connectivity index (χ3v) is 2.28. The van der Waals surface area contributed by atoms with Crippen LogP contribution < -0.4 is 5.73 Å². The van der Waals surface area contributed by atoms with E-state index < -0.39 is 0 Å². The van der Waals surface area contributed by atoms with Crippen molar-refractivity contribution in [1.82, 2.24) is 4.90 Å². The highest BCUT2D eigenvalue weighted by atomic mass is 16.5. The van der Waals surface area contributed by atoms with Crippen LogP contribution in [0.15, 0.2) is 0 Å². The molecule has 13 heavy (non-hydrogen) atoms. The molecule has 1 unspecified atom stereocenters. The highest BCUT2D eigenvalue weighted by molar-refractivity contribution is 5.84. The number of likely N-dealkylation sites (tertiary alicyclic amines) is 1. The van der Waals surface area contributed by atoms with Crippen LogP contribution in [0.4, 0.5) is 4.79 Å². The Morgan fingerprint density at radius 1 is 1.62 bits per heavy atom. The van der Waals surface area contributed by atoms with E-state index in [2.05, 4.69) is 4.74 Å². The molecule has 0 radical (unpaired) electrons. The van der Waals surface area contributed by atoms with Crippen LogP contribution in [-0.2, 0) is 9.53 Å². The summed E-state index contributed by atoms with van der Waals surface area (Å²) < 4.78 is 4.54. The van der Waals surface area contributed by atoms with Crippen LogP contribution in [0.25, 0.3) is 0 Å². The van der Waals surface area contributed by atoms with Gasteiger partial charge in [-0.25, -0.2) is 4.79 Å². The lowest BCUT2D eigenvalue weighted by atomic mass is 10.0. The Kier molecular flexibility index (Phi) is 3.25. The third kappa shape index (κ3) is 2.18. The minimum atomic E-state index is -0.368. The van der Waals surface area contributed by atoms with E-state index in [-0.39, 0.29) is 24.3 Å². The van der Waals surface area contributed by atoms with Gasteiger partial charge in [-0.05, 0) is 6.42 Å². The van der Waals surface area contributed by atoms with Gasteiger partial charge in [0, 0.05) is 19.0 Å². The Labute approximate surface area is 76.8 Å². The van der Waals surface area contributed by atoms with Crippen LogP contribution in [0.5, 0.6) is 0 Å². The number of nitrogens with zero attached hydrogens (tertiary/aromatic N) is 1. The van der Waals surface area contributed by atoms with Crippen LogP contribution in [0.1, 0.15) is 6.42 Å². The summed E-state index contributed by atoms with van der Waals surface area (Å²) in [5.41, 5.74) is 5.22. The quantitative estimate of drug-likeness (QED) is 0.637. The molecule has 1 atom stereocenters. The van der Waals surface area contributed by atoms with Gasteiger partial charge in [-0.3, -0.25) is 4.79 Å². The first kappa shape index (κ1) is 9.98. The second-order valence-electron chi connectivity index (χ2n) is 3.07. The number of ether oxygens (including phenoxy) is 1. The van der Waals surface area contributed by atoms with Gasteiger partial charge in [0.1, 0.15) is 0 Å². The highest BCUT2D eigenvalue weighted by Crippen LogP contribution is 2.17. The smallest absolute Gasteiger partial charge is 0.409 e. The average Bonchev–Trinajstić information content (AvgIpc) is 2.64. The minimum absolute atomic E-state index is 0.0198. The largest absolute Gasteiger partial charge is 0.453 e. The number of methoxy groups -OCH3 is 1. The minimum Gasteiger partial charge on any atom is -0.453 e. The van der Waals surface area contributed by atoms with E-state index in [1.807, 2.05) is 0 Å². The van der Waals surface area contributed by atoms with Gasteiger partial charge in [0.25, 0.3) is 0 Å². The van der Waals surface area contributed by atoms with Crippen molar-refractivity contribution in [2.75, 3.05) is 26.7 Å². The van der Waals surface area contributed by atoms with Crippen LogP contribution in [0, 0.1) is 5.92 Å². The molecule has 0 bridgehead atoms. The molecule has 0 aromatic heterocycles. The number of hydrogen-bond acceptors (Lipinski definition) is 4. The predicted octanol–water partition coefficient (Wildman–Crippen LogP) is -0.397. The molecule has 74 valence electrons. The fraction of sp³-hybridized carbons (Fsp3) is 0.750. The molecule has 0 aromatic rings. The lowest BCUT2D eigenvalue weighted by Gasteiger charge is -2.13. The van der Waals surface area contributed by atoms with Crippen LogP contribution in [0.3, 0.4) is 0 Å². The zero-order chi connectivity index (χ0) is 9.84. The molecule has 2 N–H and O–H groups in total. The van der Waals surface area contributed by atoms with Gasteiger partial charge >= 0.3 is 6.09 Å². The Hall–Kier alpha value is -1.10.